The van der Waals surface area contributed by atoms with Gasteiger partial charge in [-0.15, -0.1) is 0 Å². The summed E-state index contributed by atoms with van der Waals surface area (Å²) in [5.74, 6) is 2.03. The molecular formula is C15H25NO3. The smallest absolute Gasteiger partial charge is 0.161 e. The van der Waals surface area contributed by atoms with Gasteiger partial charge >= 0.3 is 0 Å². The van der Waals surface area contributed by atoms with Crippen LogP contribution in [-0.2, 0) is 6.54 Å². The largest absolute Gasteiger partial charge is 0.493 e. The Morgan fingerprint density at radius 3 is 2.53 bits per heavy atom. The van der Waals surface area contributed by atoms with Gasteiger partial charge in [-0.05, 0) is 36.6 Å². The lowest BCUT2D eigenvalue weighted by Crippen LogP contribution is -2.22. The van der Waals surface area contributed by atoms with Crippen LogP contribution in [0.1, 0.15) is 25.3 Å². The SMILES string of the molecule is CCC(CCO)CNCc1ccc(OC)c(OC)c1. The van der Waals surface area contributed by atoms with Crippen molar-refractivity contribution >= 4 is 0 Å². The molecule has 0 spiro atoms. The first-order valence-corrected chi connectivity index (χ1v) is 6.77. The van der Waals surface area contributed by atoms with Crippen LogP contribution in [-0.4, -0.2) is 32.5 Å². The zero-order valence-electron chi connectivity index (χ0n) is 12.1. The van der Waals surface area contributed by atoms with Crippen LogP contribution in [0.5, 0.6) is 11.5 Å². The lowest BCUT2D eigenvalue weighted by Gasteiger charge is -2.15. The van der Waals surface area contributed by atoms with Gasteiger partial charge in [-0.2, -0.15) is 0 Å². The topological polar surface area (TPSA) is 50.7 Å². The minimum absolute atomic E-state index is 0.260. The lowest BCUT2D eigenvalue weighted by molar-refractivity contribution is 0.251. The summed E-state index contributed by atoms with van der Waals surface area (Å²) in [4.78, 5) is 0. The van der Waals surface area contributed by atoms with E-state index in [1.165, 1.54) is 0 Å². The maximum absolute atomic E-state index is 8.95. The van der Waals surface area contributed by atoms with Crippen LogP contribution < -0.4 is 14.8 Å². The first kappa shape index (κ1) is 15.8. The van der Waals surface area contributed by atoms with Gasteiger partial charge in [0.2, 0.25) is 0 Å². The average Bonchev–Trinajstić information content (AvgIpc) is 2.46. The second-order valence-electron chi connectivity index (χ2n) is 4.61. The highest BCUT2D eigenvalue weighted by atomic mass is 16.5. The van der Waals surface area contributed by atoms with Gasteiger partial charge in [-0.25, -0.2) is 0 Å². The molecule has 1 unspecified atom stereocenters. The Bertz CT molecular complexity index is 368. The quantitative estimate of drug-likeness (QED) is 0.720. The summed E-state index contributed by atoms with van der Waals surface area (Å²) in [6.45, 7) is 4.13. The molecular weight excluding hydrogens is 242 g/mol. The van der Waals surface area contributed by atoms with Gasteiger partial charge in [0.1, 0.15) is 0 Å². The van der Waals surface area contributed by atoms with Crippen molar-refractivity contribution in [3.63, 3.8) is 0 Å². The molecule has 19 heavy (non-hydrogen) atoms. The van der Waals surface area contributed by atoms with Gasteiger partial charge in [0, 0.05) is 13.2 Å². The minimum Gasteiger partial charge on any atom is -0.493 e. The van der Waals surface area contributed by atoms with Crippen molar-refractivity contribution in [1.82, 2.24) is 5.32 Å². The average molecular weight is 267 g/mol. The first-order chi connectivity index (χ1) is 9.24. The molecule has 0 saturated heterocycles. The van der Waals surface area contributed by atoms with Crippen molar-refractivity contribution in [2.75, 3.05) is 27.4 Å². The standard InChI is InChI=1S/C15H25NO3/c1-4-12(7-8-17)10-16-11-13-5-6-14(18-2)15(9-13)19-3/h5-6,9,12,16-17H,4,7-8,10-11H2,1-3H3. The summed E-state index contributed by atoms with van der Waals surface area (Å²) in [7, 11) is 3.28. The molecule has 1 atom stereocenters. The van der Waals surface area contributed by atoms with Crippen molar-refractivity contribution < 1.29 is 14.6 Å². The van der Waals surface area contributed by atoms with E-state index < -0.39 is 0 Å². The van der Waals surface area contributed by atoms with Crippen molar-refractivity contribution in [3.8, 4) is 11.5 Å². The lowest BCUT2D eigenvalue weighted by atomic mass is 10.0. The summed E-state index contributed by atoms with van der Waals surface area (Å²) >= 11 is 0. The van der Waals surface area contributed by atoms with E-state index in [0.29, 0.717) is 5.92 Å². The third-order valence-electron chi connectivity index (χ3n) is 3.32. The molecule has 0 saturated carbocycles. The maximum atomic E-state index is 8.95. The third-order valence-corrected chi connectivity index (χ3v) is 3.32. The second-order valence-corrected chi connectivity index (χ2v) is 4.61. The van der Waals surface area contributed by atoms with Crippen LogP contribution in [0.15, 0.2) is 18.2 Å². The van der Waals surface area contributed by atoms with E-state index in [-0.39, 0.29) is 6.61 Å². The maximum Gasteiger partial charge on any atom is 0.161 e. The molecule has 0 aromatic heterocycles. The predicted molar refractivity (Wildman–Crippen MR) is 76.7 cm³/mol. The van der Waals surface area contributed by atoms with E-state index in [2.05, 4.69) is 12.2 Å². The summed E-state index contributed by atoms with van der Waals surface area (Å²) in [6, 6.07) is 5.93. The Hall–Kier alpha value is -1.26. The number of aliphatic hydroxyl groups excluding tert-OH is 1. The molecule has 2 N–H and O–H groups in total. The highest BCUT2D eigenvalue weighted by Gasteiger charge is 2.07. The third kappa shape index (κ3) is 5.09. The summed E-state index contributed by atoms with van der Waals surface area (Å²) in [5, 5.41) is 12.4. The highest BCUT2D eigenvalue weighted by Crippen LogP contribution is 2.27. The fourth-order valence-corrected chi connectivity index (χ4v) is 2.04. The van der Waals surface area contributed by atoms with Gasteiger partial charge in [0.15, 0.2) is 11.5 Å². The van der Waals surface area contributed by atoms with Gasteiger partial charge < -0.3 is 19.9 Å². The monoisotopic (exact) mass is 267 g/mol. The Labute approximate surface area is 115 Å². The van der Waals surface area contributed by atoms with E-state index in [1.54, 1.807) is 14.2 Å². The van der Waals surface area contributed by atoms with Crippen LogP contribution in [0, 0.1) is 5.92 Å². The molecule has 0 heterocycles. The van der Waals surface area contributed by atoms with Crippen LogP contribution in [0.2, 0.25) is 0 Å². The number of nitrogens with one attached hydrogen (secondary N) is 1. The van der Waals surface area contributed by atoms with Gasteiger partial charge in [-0.1, -0.05) is 19.4 Å². The molecule has 0 amide bonds. The van der Waals surface area contributed by atoms with Crippen molar-refractivity contribution in [2.24, 2.45) is 5.92 Å². The van der Waals surface area contributed by atoms with E-state index in [0.717, 1.165) is 43.0 Å². The highest BCUT2D eigenvalue weighted by molar-refractivity contribution is 5.42. The molecule has 0 fully saturated rings. The van der Waals surface area contributed by atoms with Crippen molar-refractivity contribution in [1.29, 1.82) is 0 Å². The number of ether oxygens (including phenoxy) is 2. The van der Waals surface area contributed by atoms with E-state index >= 15 is 0 Å². The number of rotatable bonds is 9. The van der Waals surface area contributed by atoms with Crippen molar-refractivity contribution in [2.45, 2.75) is 26.3 Å². The number of methoxy groups -OCH3 is 2. The molecule has 0 aliphatic carbocycles. The van der Waals surface area contributed by atoms with Crippen LogP contribution in [0.3, 0.4) is 0 Å². The van der Waals surface area contributed by atoms with Gasteiger partial charge in [0.25, 0.3) is 0 Å². The molecule has 1 aromatic rings. The number of aliphatic hydroxyl groups is 1. The normalized spacial score (nSPS) is 12.2. The minimum atomic E-state index is 0.260. The first-order valence-electron chi connectivity index (χ1n) is 6.77. The fraction of sp³-hybridized carbons (Fsp3) is 0.600. The molecule has 1 rings (SSSR count). The predicted octanol–water partition coefficient (Wildman–Crippen LogP) is 2.20. The molecule has 108 valence electrons. The molecule has 0 aliphatic rings. The molecule has 1 aromatic carbocycles. The number of benzene rings is 1. The Kier molecular flexibility index (Phi) is 7.30. The van der Waals surface area contributed by atoms with Crippen LogP contribution in [0.25, 0.3) is 0 Å². The van der Waals surface area contributed by atoms with E-state index in [4.69, 9.17) is 14.6 Å². The molecule has 0 radical (unpaired) electrons. The van der Waals surface area contributed by atoms with E-state index in [9.17, 15) is 0 Å². The van der Waals surface area contributed by atoms with Gasteiger partial charge in [-0.3, -0.25) is 0 Å². The zero-order valence-corrected chi connectivity index (χ0v) is 12.1. The zero-order chi connectivity index (χ0) is 14.1. The summed E-state index contributed by atoms with van der Waals surface area (Å²) in [6.07, 6.45) is 1.94. The molecule has 0 aliphatic heterocycles. The van der Waals surface area contributed by atoms with Crippen molar-refractivity contribution in [3.05, 3.63) is 23.8 Å². The molecule has 4 nitrogen and oxygen atoms in total. The van der Waals surface area contributed by atoms with Crippen LogP contribution >= 0.6 is 0 Å². The summed E-state index contributed by atoms with van der Waals surface area (Å²) in [5.41, 5.74) is 1.16. The molecule has 4 heteroatoms. The number of hydrogen-bond donors (Lipinski definition) is 2. The fourth-order valence-electron chi connectivity index (χ4n) is 2.04. The second kappa shape index (κ2) is 8.77. The number of hydrogen-bond acceptors (Lipinski definition) is 4. The van der Waals surface area contributed by atoms with Gasteiger partial charge in [0.05, 0.1) is 14.2 Å². The Morgan fingerprint density at radius 1 is 1.21 bits per heavy atom. The van der Waals surface area contributed by atoms with Crippen LogP contribution in [0.4, 0.5) is 0 Å². The Morgan fingerprint density at radius 2 is 1.95 bits per heavy atom. The Balaban J connectivity index is 2.49. The molecule has 0 bridgehead atoms. The van der Waals surface area contributed by atoms with E-state index in [1.807, 2.05) is 18.2 Å². The summed E-state index contributed by atoms with van der Waals surface area (Å²) < 4.78 is 10.5.